The van der Waals surface area contributed by atoms with Gasteiger partial charge in [-0.1, -0.05) is 25.5 Å². The van der Waals surface area contributed by atoms with Crippen LogP contribution in [0.25, 0.3) is 6.08 Å². The lowest BCUT2D eigenvalue weighted by Crippen LogP contribution is -2.23. The van der Waals surface area contributed by atoms with E-state index in [0.29, 0.717) is 29.8 Å². The standard InChI is InChI=1S/C20H27F2NO3/c1-3-14(13-24)10-18(25)17-11-16(19(26-2)12-23-17)5-4-15-6-8-20(21,22)9-7-15/h4-5,11-12,14-15,24H,3,6-10,13H2,1-2H3/b5-4+/t14-/m0/s1. The van der Waals surface area contributed by atoms with Crippen molar-refractivity contribution in [3.8, 4) is 5.75 Å². The Balaban J connectivity index is 2.11. The van der Waals surface area contributed by atoms with Gasteiger partial charge in [-0.2, -0.15) is 0 Å². The zero-order chi connectivity index (χ0) is 19.2. The van der Waals surface area contributed by atoms with Crippen molar-refractivity contribution in [2.24, 2.45) is 11.8 Å². The smallest absolute Gasteiger partial charge is 0.248 e. The average molecular weight is 367 g/mol. The summed E-state index contributed by atoms with van der Waals surface area (Å²) in [7, 11) is 1.52. The molecule has 6 heteroatoms. The summed E-state index contributed by atoms with van der Waals surface area (Å²) >= 11 is 0. The van der Waals surface area contributed by atoms with E-state index in [1.807, 2.05) is 19.1 Å². The number of halogens is 2. The number of alkyl halides is 2. The van der Waals surface area contributed by atoms with Crippen molar-refractivity contribution in [3.05, 3.63) is 29.6 Å². The fraction of sp³-hybridized carbons (Fsp3) is 0.600. The van der Waals surface area contributed by atoms with Crippen LogP contribution >= 0.6 is 0 Å². The van der Waals surface area contributed by atoms with Gasteiger partial charge in [0.2, 0.25) is 5.92 Å². The summed E-state index contributed by atoms with van der Waals surface area (Å²) in [5.74, 6) is -2.10. The Kier molecular flexibility index (Phi) is 7.26. The molecule has 144 valence electrons. The topological polar surface area (TPSA) is 59.4 Å². The molecule has 0 aromatic carbocycles. The third-order valence-corrected chi connectivity index (χ3v) is 5.02. The summed E-state index contributed by atoms with van der Waals surface area (Å²) in [6, 6.07) is 1.67. The van der Waals surface area contributed by atoms with Crippen molar-refractivity contribution in [1.82, 2.24) is 4.98 Å². The minimum atomic E-state index is -2.54. The molecule has 0 spiro atoms. The van der Waals surface area contributed by atoms with Gasteiger partial charge in [-0.15, -0.1) is 0 Å². The zero-order valence-corrected chi connectivity index (χ0v) is 15.4. The van der Waals surface area contributed by atoms with Crippen molar-refractivity contribution < 1.29 is 23.4 Å². The minimum absolute atomic E-state index is 0.0303. The molecule has 26 heavy (non-hydrogen) atoms. The van der Waals surface area contributed by atoms with Crippen LogP contribution in [-0.2, 0) is 0 Å². The molecule has 0 aliphatic heterocycles. The molecule has 1 heterocycles. The number of carbonyl (C=O) groups is 1. The van der Waals surface area contributed by atoms with Crippen molar-refractivity contribution in [1.29, 1.82) is 0 Å². The number of ether oxygens (including phenoxy) is 1. The Bertz CT molecular complexity index is 632. The highest BCUT2D eigenvalue weighted by Gasteiger charge is 2.33. The van der Waals surface area contributed by atoms with Gasteiger partial charge in [0.05, 0.1) is 13.3 Å². The van der Waals surface area contributed by atoms with Gasteiger partial charge >= 0.3 is 0 Å². The van der Waals surface area contributed by atoms with Crippen LogP contribution in [0.5, 0.6) is 5.75 Å². The second-order valence-corrected chi connectivity index (χ2v) is 6.95. The molecule has 1 saturated carbocycles. The number of methoxy groups -OCH3 is 1. The van der Waals surface area contributed by atoms with Crippen LogP contribution in [0.3, 0.4) is 0 Å². The molecule has 2 rings (SSSR count). The number of nitrogens with zero attached hydrogens (tertiary/aromatic N) is 1. The van der Waals surface area contributed by atoms with Crippen molar-refractivity contribution in [3.63, 3.8) is 0 Å². The van der Waals surface area contributed by atoms with Crippen LogP contribution in [0.2, 0.25) is 0 Å². The first-order valence-corrected chi connectivity index (χ1v) is 9.12. The number of hydrogen-bond acceptors (Lipinski definition) is 4. The fourth-order valence-corrected chi connectivity index (χ4v) is 3.11. The Morgan fingerprint density at radius 2 is 2.15 bits per heavy atom. The zero-order valence-electron chi connectivity index (χ0n) is 15.4. The van der Waals surface area contributed by atoms with Crippen LogP contribution < -0.4 is 4.74 Å². The molecule has 0 unspecified atom stereocenters. The molecule has 1 N–H and O–H groups in total. The maximum atomic E-state index is 13.3. The molecule has 0 amide bonds. The summed E-state index contributed by atoms with van der Waals surface area (Å²) in [5, 5.41) is 9.27. The number of hydrogen-bond donors (Lipinski definition) is 1. The molecule has 1 aliphatic carbocycles. The lowest BCUT2D eigenvalue weighted by molar-refractivity contribution is -0.0410. The lowest BCUT2D eigenvalue weighted by Gasteiger charge is -2.26. The van der Waals surface area contributed by atoms with E-state index in [4.69, 9.17) is 4.74 Å². The van der Waals surface area contributed by atoms with E-state index in [-0.39, 0.29) is 43.5 Å². The number of allylic oxidation sites excluding steroid dienone is 1. The number of ketones is 1. The number of aliphatic hydroxyl groups is 1. The molecule has 0 bridgehead atoms. The summed E-state index contributed by atoms with van der Waals surface area (Å²) in [5.41, 5.74) is 1.03. The molecular formula is C20H27F2NO3. The molecular weight excluding hydrogens is 340 g/mol. The predicted molar refractivity (Wildman–Crippen MR) is 96.5 cm³/mol. The third-order valence-electron chi connectivity index (χ3n) is 5.02. The number of Topliss-reactive ketones (excluding diaryl/α,β-unsaturated/α-hetero) is 1. The van der Waals surface area contributed by atoms with Crippen molar-refractivity contribution in [2.45, 2.75) is 51.4 Å². The SMILES string of the molecule is CC[C@H](CO)CC(=O)c1cc(/C=C/C2CCC(F)(F)CC2)c(OC)cn1. The first kappa shape index (κ1) is 20.5. The Hall–Kier alpha value is -1.82. The van der Waals surface area contributed by atoms with E-state index in [1.54, 1.807) is 6.07 Å². The third kappa shape index (κ3) is 5.59. The number of aliphatic hydroxyl groups excluding tert-OH is 1. The largest absolute Gasteiger partial charge is 0.495 e. The van der Waals surface area contributed by atoms with Crippen LogP contribution in [0.15, 0.2) is 18.3 Å². The summed E-state index contributed by atoms with van der Waals surface area (Å²) in [4.78, 5) is 16.5. The molecule has 1 atom stereocenters. The number of pyridine rings is 1. The highest BCUT2D eigenvalue weighted by molar-refractivity contribution is 5.95. The van der Waals surface area contributed by atoms with E-state index >= 15 is 0 Å². The first-order chi connectivity index (χ1) is 12.4. The Morgan fingerprint density at radius 1 is 1.46 bits per heavy atom. The van der Waals surface area contributed by atoms with Gasteiger partial charge in [-0.05, 0) is 30.7 Å². The summed E-state index contributed by atoms with van der Waals surface area (Å²) < 4.78 is 31.8. The highest BCUT2D eigenvalue weighted by Crippen LogP contribution is 2.37. The van der Waals surface area contributed by atoms with Crippen LogP contribution in [0.4, 0.5) is 8.78 Å². The molecule has 0 radical (unpaired) electrons. The first-order valence-electron chi connectivity index (χ1n) is 9.12. The van der Waals surface area contributed by atoms with Crippen LogP contribution in [0.1, 0.15) is 61.5 Å². The Labute approximate surface area is 153 Å². The van der Waals surface area contributed by atoms with Crippen LogP contribution in [-0.4, -0.2) is 35.5 Å². The van der Waals surface area contributed by atoms with E-state index in [9.17, 15) is 18.7 Å². The van der Waals surface area contributed by atoms with Gasteiger partial charge < -0.3 is 9.84 Å². The van der Waals surface area contributed by atoms with Gasteiger partial charge in [-0.3, -0.25) is 4.79 Å². The van der Waals surface area contributed by atoms with E-state index in [0.717, 1.165) is 6.42 Å². The van der Waals surface area contributed by atoms with Gasteiger partial charge in [0.15, 0.2) is 5.78 Å². The van der Waals surface area contributed by atoms with Crippen molar-refractivity contribution in [2.75, 3.05) is 13.7 Å². The van der Waals surface area contributed by atoms with E-state index in [1.165, 1.54) is 13.3 Å². The van der Waals surface area contributed by atoms with Gasteiger partial charge in [-0.25, -0.2) is 13.8 Å². The minimum Gasteiger partial charge on any atom is -0.495 e. The van der Waals surface area contributed by atoms with Crippen molar-refractivity contribution >= 4 is 11.9 Å². The molecule has 1 fully saturated rings. The summed E-state index contributed by atoms with van der Waals surface area (Å²) in [6.45, 7) is 1.90. The number of aromatic nitrogens is 1. The molecule has 1 aromatic heterocycles. The molecule has 1 aliphatic rings. The average Bonchev–Trinajstić information content (AvgIpc) is 2.64. The van der Waals surface area contributed by atoms with Gasteiger partial charge in [0.25, 0.3) is 0 Å². The summed E-state index contributed by atoms with van der Waals surface area (Å²) in [6.07, 6.45) is 6.96. The molecule has 4 nitrogen and oxygen atoms in total. The molecule has 0 saturated heterocycles. The second kappa shape index (κ2) is 9.21. The maximum Gasteiger partial charge on any atom is 0.248 e. The maximum absolute atomic E-state index is 13.3. The second-order valence-electron chi connectivity index (χ2n) is 6.95. The lowest BCUT2D eigenvalue weighted by atomic mass is 9.86. The quantitative estimate of drug-likeness (QED) is 0.686. The monoisotopic (exact) mass is 367 g/mol. The van der Waals surface area contributed by atoms with Gasteiger partial charge in [0, 0.05) is 31.4 Å². The normalized spacial score (nSPS) is 18.8. The number of carbonyl (C=O) groups excluding carboxylic acids is 1. The predicted octanol–water partition coefficient (Wildman–Crippen LogP) is 4.52. The highest BCUT2D eigenvalue weighted by atomic mass is 19.3. The van der Waals surface area contributed by atoms with E-state index < -0.39 is 5.92 Å². The van der Waals surface area contributed by atoms with E-state index in [2.05, 4.69) is 4.98 Å². The van der Waals surface area contributed by atoms with Crippen LogP contribution in [0, 0.1) is 11.8 Å². The fourth-order valence-electron chi connectivity index (χ4n) is 3.11. The molecule has 1 aromatic rings. The Morgan fingerprint density at radius 3 is 2.73 bits per heavy atom. The number of rotatable bonds is 8. The van der Waals surface area contributed by atoms with Gasteiger partial charge in [0.1, 0.15) is 11.4 Å².